The van der Waals surface area contributed by atoms with Gasteiger partial charge in [0, 0.05) is 28.5 Å². The number of carbonyl (C=O) groups excluding carboxylic acids is 1. The number of benzene rings is 1. The predicted octanol–water partition coefficient (Wildman–Crippen LogP) is 1.78. The maximum atomic E-state index is 11.2. The molecule has 16 heavy (non-hydrogen) atoms. The summed E-state index contributed by atoms with van der Waals surface area (Å²) >= 11 is 1.95. The molecule has 7 heteroatoms. The third-order valence-electron chi connectivity index (χ3n) is 1.65. The first-order valence-corrected chi connectivity index (χ1v) is 5.34. The molecule has 1 rings (SSSR count). The third-order valence-corrected chi connectivity index (χ3v) is 2.28. The summed E-state index contributed by atoms with van der Waals surface area (Å²) in [5.74, 6) is -0.348. The molecule has 1 aromatic carbocycles. The molecule has 0 heterocycles. The van der Waals surface area contributed by atoms with Crippen LogP contribution in [0.25, 0.3) is 0 Å². The number of nitrogens with zero attached hydrogens (tertiary/aromatic N) is 1. The average Bonchev–Trinajstić information content (AvgIpc) is 2.16. The van der Waals surface area contributed by atoms with E-state index >= 15 is 0 Å². The van der Waals surface area contributed by atoms with Gasteiger partial charge < -0.3 is 10.1 Å². The number of nitro benzene ring substituents is 1. The monoisotopic (exact) mass is 336 g/mol. The summed E-state index contributed by atoms with van der Waals surface area (Å²) in [7, 11) is 1.40. The molecule has 1 amide bonds. The Hall–Kier alpha value is -1.22. The summed E-state index contributed by atoms with van der Waals surface area (Å²) in [4.78, 5) is 21.3. The van der Waals surface area contributed by atoms with E-state index in [1.807, 2.05) is 22.6 Å². The van der Waals surface area contributed by atoms with Gasteiger partial charge in [0.15, 0.2) is 0 Å². The Morgan fingerprint density at radius 2 is 2.25 bits per heavy atom. The van der Waals surface area contributed by atoms with Crippen LogP contribution in [-0.4, -0.2) is 24.5 Å². The van der Waals surface area contributed by atoms with E-state index in [0.717, 1.165) is 0 Å². The highest BCUT2D eigenvalue weighted by Crippen LogP contribution is 2.21. The van der Waals surface area contributed by atoms with Crippen LogP contribution in [0.15, 0.2) is 18.2 Å². The number of hydrogen-bond acceptors (Lipinski definition) is 4. The highest BCUT2D eigenvalue weighted by Gasteiger charge is 2.10. The molecule has 1 aromatic rings. The minimum absolute atomic E-state index is 0.0559. The van der Waals surface area contributed by atoms with Crippen molar-refractivity contribution < 1.29 is 14.5 Å². The molecule has 0 radical (unpaired) electrons. The molecule has 0 unspecified atom stereocenters. The standard InChI is InChI=1S/C9H9IN2O4/c1-16-5-9(13)11-7-2-6(10)3-8(4-7)12(14)15/h2-4H,5H2,1H3,(H,11,13). The molecular formula is C9H9IN2O4. The predicted molar refractivity (Wildman–Crippen MR) is 66.3 cm³/mol. The number of nitrogens with one attached hydrogen (secondary N) is 1. The Labute approximate surface area is 105 Å². The van der Waals surface area contributed by atoms with Crippen molar-refractivity contribution in [1.29, 1.82) is 0 Å². The van der Waals surface area contributed by atoms with Crippen LogP contribution in [0.4, 0.5) is 11.4 Å². The van der Waals surface area contributed by atoms with E-state index < -0.39 is 4.92 Å². The van der Waals surface area contributed by atoms with Crippen molar-refractivity contribution >= 4 is 39.9 Å². The molecule has 0 aliphatic carbocycles. The lowest BCUT2D eigenvalue weighted by atomic mass is 10.3. The molecule has 0 aliphatic heterocycles. The second kappa shape index (κ2) is 5.75. The van der Waals surface area contributed by atoms with E-state index in [2.05, 4.69) is 10.1 Å². The van der Waals surface area contributed by atoms with Gasteiger partial charge in [0.1, 0.15) is 6.61 Å². The number of rotatable bonds is 4. The van der Waals surface area contributed by atoms with Crippen molar-refractivity contribution in [2.24, 2.45) is 0 Å². The fourth-order valence-electron chi connectivity index (χ4n) is 1.08. The Morgan fingerprint density at radius 3 is 2.81 bits per heavy atom. The number of ether oxygens (including phenoxy) is 1. The lowest BCUT2D eigenvalue weighted by Gasteiger charge is -2.04. The van der Waals surface area contributed by atoms with Crippen LogP contribution < -0.4 is 5.32 Å². The van der Waals surface area contributed by atoms with Gasteiger partial charge in [0.25, 0.3) is 5.69 Å². The Kier molecular flexibility index (Phi) is 4.62. The highest BCUT2D eigenvalue weighted by molar-refractivity contribution is 14.1. The minimum Gasteiger partial charge on any atom is -0.375 e. The highest BCUT2D eigenvalue weighted by atomic mass is 127. The average molecular weight is 336 g/mol. The molecule has 6 nitrogen and oxygen atoms in total. The third kappa shape index (κ3) is 3.74. The normalized spacial score (nSPS) is 9.88. The quantitative estimate of drug-likeness (QED) is 0.516. The van der Waals surface area contributed by atoms with E-state index in [9.17, 15) is 14.9 Å². The molecule has 1 N–H and O–H groups in total. The molecule has 0 aliphatic rings. The zero-order valence-corrected chi connectivity index (χ0v) is 10.6. The van der Waals surface area contributed by atoms with Crippen molar-refractivity contribution in [1.82, 2.24) is 0 Å². The summed E-state index contributed by atoms with van der Waals surface area (Å²) in [6.45, 7) is -0.0841. The van der Waals surface area contributed by atoms with Gasteiger partial charge in [-0.3, -0.25) is 14.9 Å². The van der Waals surface area contributed by atoms with Crippen LogP contribution >= 0.6 is 22.6 Å². The van der Waals surface area contributed by atoms with Crippen molar-refractivity contribution in [2.75, 3.05) is 19.0 Å². The maximum absolute atomic E-state index is 11.2. The zero-order valence-electron chi connectivity index (χ0n) is 8.40. The first-order valence-electron chi connectivity index (χ1n) is 4.26. The first kappa shape index (κ1) is 12.8. The van der Waals surface area contributed by atoms with Gasteiger partial charge in [-0.15, -0.1) is 0 Å². The molecule has 0 fully saturated rings. The van der Waals surface area contributed by atoms with Gasteiger partial charge in [0.05, 0.1) is 4.92 Å². The van der Waals surface area contributed by atoms with Crippen LogP contribution in [0.2, 0.25) is 0 Å². The van der Waals surface area contributed by atoms with Crippen molar-refractivity contribution in [3.05, 3.63) is 31.9 Å². The molecular weight excluding hydrogens is 327 g/mol. The summed E-state index contributed by atoms with van der Waals surface area (Å²) in [5, 5.41) is 13.1. The molecule has 0 atom stereocenters. The number of anilines is 1. The number of hydrogen-bond donors (Lipinski definition) is 1. The molecule has 0 aromatic heterocycles. The fourth-order valence-corrected chi connectivity index (χ4v) is 1.73. The van der Waals surface area contributed by atoms with Crippen molar-refractivity contribution in [3.63, 3.8) is 0 Å². The molecule has 86 valence electrons. The smallest absolute Gasteiger partial charge is 0.272 e. The second-order valence-corrected chi connectivity index (χ2v) is 4.18. The number of amides is 1. The van der Waals surface area contributed by atoms with Crippen LogP contribution in [-0.2, 0) is 9.53 Å². The van der Waals surface area contributed by atoms with Crippen LogP contribution in [0.5, 0.6) is 0 Å². The molecule has 0 saturated carbocycles. The van der Waals surface area contributed by atoms with Crippen molar-refractivity contribution in [2.45, 2.75) is 0 Å². The number of nitro groups is 1. The Balaban J connectivity index is 2.88. The fraction of sp³-hybridized carbons (Fsp3) is 0.222. The van der Waals surface area contributed by atoms with Gasteiger partial charge in [-0.2, -0.15) is 0 Å². The maximum Gasteiger partial charge on any atom is 0.272 e. The first-order chi connectivity index (χ1) is 7.52. The summed E-state index contributed by atoms with van der Waals surface area (Å²) in [5.41, 5.74) is 0.334. The summed E-state index contributed by atoms with van der Waals surface area (Å²) < 4.78 is 5.32. The summed E-state index contributed by atoms with van der Waals surface area (Å²) in [6, 6.07) is 4.36. The van der Waals surface area contributed by atoms with E-state index in [0.29, 0.717) is 9.26 Å². The van der Waals surface area contributed by atoms with Crippen molar-refractivity contribution in [3.8, 4) is 0 Å². The van der Waals surface area contributed by atoms with Gasteiger partial charge in [-0.05, 0) is 28.7 Å². The van der Waals surface area contributed by atoms with Crippen LogP contribution in [0.3, 0.4) is 0 Å². The SMILES string of the molecule is COCC(=O)Nc1cc(I)cc([N+](=O)[O-])c1. The number of methoxy groups -OCH3 is 1. The topological polar surface area (TPSA) is 81.5 Å². The Morgan fingerprint density at radius 1 is 1.56 bits per heavy atom. The van der Waals surface area contributed by atoms with Gasteiger partial charge in [0.2, 0.25) is 5.91 Å². The van der Waals surface area contributed by atoms with Crippen LogP contribution in [0.1, 0.15) is 0 Å². The number of halogens is 1. The molecule has 0 spiro atoms. The number of carbonyl (C=O) groups is 1. The summed E-state index contributed by atoms with van der Waals surface area (Å²) in [6.07, 6.45) is 0. The molecule has 0 saturated heterocycles. The Bertz CT molecular complexity index is 422. The van der Waals surface area contributed by atoms with E-state index in [1.54, 1.807) is 6.07 Å². The number of non-ortho nitro benzene ring substituents is 1. The lowest BCUT2D eigenvalue weighted by Crippen LogP contribution is -2.17. The minimum atomic E-state index is -0.506. The van der Waals surface area contributed by atoms with Gasteiger partial charge >= 0.3 is 0 Å². The molecule has 0 bridgehead atoms. The van der Waals surface area contributed by atoms with E-state index in [1.165, 1.54) is 19.2 Å². The van der Waals surface area contributed by atoms with Gasteiger partial charge in [-0.25, -0.2) is 0 Å². The largest absolute Gasteiger partial charge is 0.375 e. The van der Waals surface area contributed by atoms with Gasteiger partial charge in [-0.1, -0.05) is 0 Å². The second-order valence-electron chi connectivity index (χ2n) is 2.94. The van der Waals surface area contributed by atoms with Crippen LogP contribution in [0, 0.1) is 13.7 Å². The van der Waals surface area contributed by atoms with E-state index in [-0.39, 0.29) is 18.2 Å². The lowest BCUT2D eigenvalue weighted by molar-refractivity contribution is -0.384. The zero-order chi connectivity index (χ0) is 12.1. The van der Waals surface area contributed by atoms with E-state index in [4.69, 9.17) is 0 Å².